The molecule has 0 radical (unpaired) electrons. The van der Waals surface area contributed by atoms with Gasteiger partial charge in [0.2, 0.25) is 10.0 Å². The Bertz CT molecular complexity index is 601. The third kappa shape index (κ3) is 3.83. The van der Waals surface area contributed by atoms with Crippen molar-refractivity contribution in [1.29, 1.82) is 0 Å². The van der Waals surface area contributed by atoms with Gasteiger partial charge in [-0.15, -0.1) is 0 Å². The molecule has 1 rings (SSSR count). The molecule has 7 nitrogen and oxygen atoms in total. The minimum atomic E-state index is -4.18. The predicted molar refractivity (Wildman–Crippen MR) is 71.4 cm³/mol. The van der Waals surface area contributed by atoms with Crippen molar-refractivity contribution in [3.05, 3.63) is 23.2 Å². The van der Waals surface area contributed by atoms with Crippen LogP contribution in [0.3, 0.4) is 0 Å². The van der Waals surface area contributed by atoms with Gasteiger partial charge in [0, 0.05) is 11.1 Å². The number of aliphatic hydroxyl groups is 1. The monoisotopic (exact) mass is 323 g/mol. The molecule has 0 unspecified atom stereocenters. The SMILES string of the molecule is COc1cc(Cl)ccc1S(=O)(=O)N[C@H](C(=O)O)[C@@H](C)O. The standard InChI is InChI=1S/C11H14ClNO6S/c1-6(14)10(11(15)16)13-20(17,18)9-4-3-7(12)5-8(9)19-2/h3-6,10,13-14H,1-2H3,(H,15,16)/t6-,10+/m1/s1. The number of benzene rings is 1. The van der Waals surface area contributed by atoms with Gasteiger partial charge in [-0.1, -0.05) is 11.6 Å². The molecule has 0 aliphatic rings. The van der Waals surface area contributed by atoms with E-state index < -0.39 is 28.1 Å². The first-order valence-electron chi connectivity index (χ1n) is 5.45. The Hall–Kier alpha value is -1.35. The molecule has 0 amide bonds. The average molecular weight is 324 g/mol. The number of aliphatic hydroxyl groups excluding tert-OH is 1. The first kappa shape index (κ1) is 16.7. The minimum Gasteiger partial charge on any atom is -0.495 e. The van der Waals surface area contributed by atoms with Gasteiger partial charge in [-0.3, -0.25) is 4.79 Å². The lowest BCUT2D eigenvalue weighted by molar-refractivity contribution is -0.141. The van der Waals surface area contributed by atoms with E-state index in [1.807, 2.05) is 4.72 Å². The Labute approximate surface area is 121 Å². The van der Waals surface area contributed by atoms with Crippen LogP contribution in [0.25, 0.3) is 0 Å². The highest BCUT2D eigenvalue weighted by atomic mass is 35.5. The zero-order chi connectivity index (χ0) is 15.5. The maximum Gasteiger partial charge on any atom is 0.324 e. The second kappa shape index (κ2) is 6.40. The lowest BCUT2D eigenvalue weighted by atomic mass is 10.2. The summed E-state index contributed by atoms with van der Waals surface area (Å²) in [6.07, 6.45) is -1.40. The van der Waals surface area contributed by atoms with Crippen LogP contribution in [0.1, 0.15) is 6.92 Å². The third-order valence-electron chi connectivity index (χ3n) is 2.45. The molecule has 1 aromatic rings. The van der Waals surface area contributed by atoms with Gasteiger partial charge in [-0.05, 0) is 19.1 Å². The zero-order valence-electron chi connectivity index (χ0n) is 10.7. The van der Waals surface area contributed by atoms with E-state index in [1.54, 1.807) is 0 Å². The number of sulfonamides is 1. The third-order valence-corrected chi connectivity index (χ3v) is 4.16. The lowest BCUT2D eigenvalue weighted by Gasteiger charge is -2.18. The van der Waals surface area contributed by atoms with E-state index in [2.05, 4.69) is 0 Å². The van der Waals surface area contributed by atoms with E-state index in [-0.39, 0.29) is 15.7 Å². The molecule has 2 atom stereocenters. The molecule has 1 aromatic carbocycles. The Kier molecular flexibility index (Phi) is 5.35. The van der Waals surface area contributed by atoms with Crippen molar-refractivity contribution >= 4 is 27.6 Å². The number of carboxylic acid groups (broad SMARTS) is 1. The summed E-state index contributed by atoms with van der Waals surface area (Å²) < 4.78 is 31.1. The molecular formula is C11H14ClNO6S. The number of ether oxygens (including phenoxy) is 1. The van der Waals surface area contributed by atoms with Crippen LogP contribution in [0.15, 0.2) is 23.1 Å². The smallest absolute Gasteiger partial charge is 0.324 e. The van der Waals surface area contributed by atoms with Crippen LogP contribution in [0, 0.1) is 0 Å². The van der Waals surface area contributed by atoms with Crippen LogP contribution in [-0.4, -0.2) is 43.9 Å². The van der Waals surface area contributed by atoms with Crippen LogP contribution in [0.5, 0.6) is 5.75 Å². The van der Waals surface area contributed by atoms with Gasteiger partial charge < -0.3 is 14.9 Å². The van der Waals surface area contributed by atoms with Gasteiger partial charge in [-0.25, -0.2) is 8.42 Å². The molecule has 0 aliphatic heterocycles. The van der Waals surface area contributed by atoms with Crippen LogP contribution in [0.4, 0.5) is 0 Å². The van der Waals surface area contributed by atoms with E-state index >= 15 is 0 Å². The minimum absolute atomic E-state index is 0.0280. The van der Waals surface area contributed by atoms with Crippen molar-refractivity contribution in [1.82, 2.24) is 4.72 Å². The van der Waals surface area contributed by atoms with Crippen LogP contribution >= 0.6 is 11.6 Å². The van der Waals surface area contributed by atoms with E-state index in [4.69, 9.17) is 21.4 Å². The first-order valence-corrected chi connectivity index (χ1v) is 7.32. The number of aliphatic carboxylic acids is 1. The van der Waals surface area contributed by atoms with Crippen LogP contribution in [0.2, 0.25) is 5.02 Å². The fraction of sp³-hybridized carbons (Fsp3) is 0.364. The van der Waals surface area contributed by atoms with E-state index in [1.165, 1.54) is 32.2 Å². The fourth-order valence-electron chi connectivity index (χ4n) is 1.45. The lowest BCUT2D eigenvalue weighted by Crippen LogP contribution is -2.47. The van der Waals surface area contributed by atoms with E-state index in [9.17, 15) is 18.3 Å². The largest absolute Gasteiger partial charge is 0.495 e. The Morgan fingerprint density at radius 2 is 2.05 bits per heavy atom. The van der Waals surface area contributed by atoms with Crippen molar-refractivity contribution in [3.63, 3.8) is 0 Å². The van der Waals surface area contributed by atoms with Gasteiger partial charge in [0.1, 0.15) is 16.7 Å². The zero-order valence-corrected chi connectivity index (χ0v) is 12.3. The molecule has 112 valence electrons. The summed E-state index contributed by atoms with van der Waals surface area (Å²) in [7, 11) is -2.93. The second-order valence-corrected chi connectivity index (χ2v) is 6.09. The van der Waals surface area contributed by atoms with Gasteiger partial charge in [-0.2, -0.15) is 4.72 Å². The highest BCUT2D eigenvalue weighted by molar-refractivity contribution is 7.89. The number of hydrogen-bond acceptors (Lipinski definition) is 5. The summed E-state index contributed by atoms with van der Waals surface area (Å²) in [6.45, 7) is 1.17. The van der Waals surface area contributed by atoms with Crippen molar-refractivity contribution in [3.8, 4) is 5.75 Å². The maximum atomic E-state index is 12.1. The van der Waals surface area contributed by atoms with Crippen LogP contribution < -0.4 is 9.46 Å². The van der Waals surface area contributed by atoms with Crippen molar-refractivity contribution in [2.75, 3.05) is 7.11 Å². The van der Waals surface area contributed by atoms with Gasteiger partial charge in [0.25, 0.3) is 0 Å². The highest BCUT2D eigenvalue weighted by Crippen LogP contribution is 2.27. The normalized spacial score (nSPS) is 14.6. The quantitative estimate of drug-likeness (QED) is 0.701. The topological polar surface area (TPSA) is 113 Å². The number of rotatable bonds is 6. The molecule has 0 saturated carbocycles. The maximum absolute atomic E-state index is 12.1. The molecule has 9 heteroatoms. The molecule has 0 heterocycles. The molecule has 0 bridgehead atoms. The van der Waals surface area contributed by atoms with Gasteiger partial charge in [0.05, 0.1) is 13.2 Å². The molecule has 0 aliphatic carbocycles. The van der Waals surface area contributed by atoms with E-state index in [0.717, 1.165) is 0 Å². The van der Waals surface area contributed by atoms with Crippen molar-refractivity contribution in [2.45, 2.75) is 24.0 Å². The molecule has 0 spiro atoms. The molecular weight excluding hydrogens is 310 g/mol. The summed E-state index contributed by atoms with van der Waals surface area (Å²) in [5.74, 6) is -1.52. The molecule has 0 aromatic heterocycles. The summed E-state index contributed by atoms with van der Waals surface area (Å²) in [5.41, 5.74) is 0. The number of halogens is 1. The van der Waals surface area contributed by atoms with Crippen molar-refractivity contribution in [2.24, 2.45) is 0 Å². The second-order valence-electron chi connectivity index (χ2n) is 3.97. The Balaban J connectivity index is 3.20. The number of hydrogen-bond donors (Lipinski definition) is 3. The number of nitrogens with one attached hydrogen (secondary N) is 1. The van der Waals surface area contributed by atoms with Crippen molar-refractivity contribution < 1.29 is 28.2 Å². The van der Waals surface area contributed by atoms with Gasteiger partial charge in [0.15, 0.2) is 0 Å². The summed E-state index contributed by atoms with van der Waals surface area (Å²) in [6, 6.07) is 2.13. The summed E-state index contributed by atoms with van der Waals surface area (Å²) in [5, 5.41) is 18.5. The fourth-order valence-corrected chi connectivity index (χ4v) is 3.02. The highest BCUT2D eigenvalue weighted by Gasteiger charge is 2.30. The molecule has 3 N–H and O–H groups in total. The average Bonchev–Trinajstić information content (AvgIpc) is 2.34. The number of carbonyl (C=O) groups is 1. The first-order chi connectivity index (χ1) is 9.19. The molecule has 20 heavy (non-hydrogen) atoms. The number of methoxy groups -OCH3 is 1. The molecule has 0 fully saturated rings. The van der Waals surface area contributed by atoms with Crippen LogP contribution in [-0.2, 0) is 14.8 Å². The van der Waals surface area contributed by atoms with E-state index in [0.29, 0.717) is 0 Å². The number of carboxylic acids is 1. The Morgan fingerprint density at radius 1 is 1.45 bits per heavy atom. The summed E-state index contributed by atoms with van der Waals surface area (Å²) in [4.78, 5) is 10.7. The molecule has 0 saturated heterocycles. The predicted octanol–water partition coefficient (Wildman–Crippen LogP) is 0.461. The summed E-state index contributed by atoms with van der Waals surface area (Å²) >= 11 is 5.72. The Morgan fingerprint density at radius 3 is 2.50 bits per heavy atom. The van der Waals surface area contributed by atoms with Gasteiger partial charge >= 0.3 is 5.97 Å².